The minimum Gasteiger partial charge on any atom is -0.258 e. The van der Waals surface area contributed by atoms with Crippen LogP contribution < -0.4 is 4.72 Å². The summed E-state index contributed by atoms with van der Waals surface area (Å²) < 4.78 is 25.2. The molecule has 1 rings (SSSR count). The van der Waals surface area contributed by atoms with Gasteiger partial charge < -0.3 is 0 Å². The van der Waals surface area contributed by atoms with Crippen LogP contribution in [0.1, 0.15) is 18.9 Å². The van der Waals surface area contributed by atoms with Gasteiger partial charge in [-0.05, 0) is 18.4 Å². The Morgan fingerprint density at radius 3 is 2.39 bits per heavy atom. The summed E-state index contributed by atoms with van der Waals surface area (Å²) >= 11 is 0. The molecule has 100 valence electrons. The molecule has 7 heteroatoms. The van der Waals surface area contributed by atoms with Crippen molar-refractivity contribution in [2.75, 3.05) is 12.3 Å². The molecule has 0 heterocycles. The van der Waals surface area contributed by atoms with E-state index in [1.54, 1.807) is 19.1 Å². The molecule has 0 fully saturated rings. The van der Waals surface area contributed by atoms with Crippen LogP contribution in [0, 0.1) is 10.1 Å². The predicted molar refractivity (Wildman–Crippen MR) is 68.9 cm³/mol. The monoisotopic (exact) mass is 272 g/mol. The van der Waals surface area contributed by atoms with Crippen LogP contribution in [0.15, 0.2) is 24.3 Å². The average Bonchev–Trinajstić information content (AvgIpc) is 2.29. The molecular formula is C11H16N2O4S. The molecule has 6 nitrogen and oxygen atoms in total. The fourth-order valence-corrected chi connectivity index (χ4v) is 2.57. The summed E-state index contributed by atoms with van der Waals surface area (Å²) in [5, 5.41) is 10.4. The molecule has 0 saturated carbocycles. The minimum absolute atomic E-state index is 0.0327. The van der Waals surface area contributed by atoms with Gasteiger partial charge in [-0.2, -0.15) is 0 Å². The molecule has 0 aliphatic heterocycles. The molecule has 0 amide bonds. The molecule has 0 aliphatic rings. The number of hydrogen-bond donors (Lipinski definition) is 1. The van der Waals surface area contributed by atoms with Crippen molar-refractivity contribution < 1.29 is 13.3 Å². The van der Waals surface area contributed by atoms with Gasteiger partial charge in [0.05, 0.1) is 10.7 Å². The number of sulfonamides is 1. The van der Waals surface area contributed by atoms with E-state index in [0.29, 0.717) is 19.4 Å². The Morgan fingerprint density at radius 2 is 1.89 bits per heavy atom. The Kier molecular flexibility index (Phi) is 5.24. The second-order valence-corrected chi connectivity index (χ2v) is 5.81. The number of benzene rings is 1. The Morgan fingerprint density at radius 1 is 1.28 bits per heavy atom. The van der Waals surface area contributed by atoms with E-state index in [9.17, 15) is 18.5 Å². The average molecular weight is 272 g/mol. The number of rotatable bonds is 7. The Hall–Kier alpha value is -1.47. The van der Waals surface area contributed by atoms with Crippen molar-refractivity contribution in [1.82, 2.24) is 4.72 Å². The second-order valence-electron chi connectivity index (χ2n) is 3.89. The summed E-state index contributed by atoms with van der Waals surface area (Å²) in [4.78, 5) is 9.98. The van der Waals surface area contributed by atoms with E-state index in [2.05, 4.69) is 4.72 Å². The fraction of sp³-hybridized carbons (Fsp3) is 0.455. The highest BCUT2D eigenvalue weighted by Gasteiger charge is 2.08. The van der Waals surface area contributed by atoms with Crippen molar-refractivity contribution in [2.45, 2.75) is 19.8 Å². The molecule has 0 bridgehead atoms. The second kappa shape index (κ2) is 6.46. The van der Waals surface area contributed by atoms with Gasteiger partial charge in [0.2, 0.25) is 10.0 Å². The third kappa shape index (κ3) is 4.80. The first-order valence-electron chi connectivity index (χ1n) is 5.65. The SMILES string of the molecule is CCCS(=O)(=O)NCCc1ccc([N+](=O)[O-])cc1. The van der Waals surface area contributed by atoms with Crippen molar-refractivity contribution in [1.29, 1.82) is 0 Å². The molecule has 18 heavy (non-hydrogen) atoms. The summed E-state index contributed by atoms with van der Waals surface area (Å²) in [6.07, 6.45) is 1.09. The van der Waals surface area contributed by atoms with Crippen molar-refractivity contribution in [3.05, 3.63) is 39.9 Å². The van der Waals surface area contributed by atoms with Gasteiger partial charge in [0.1, 0.15) is 0 Å². The van der Waals surface area contributed by atoms with Gasteiger partial charge in [0.25, 0.3) is 5.69 Å². The molecule has 0 aromatic heterocycles. The highest BCUT2D eigenvalue weighted by molar-refractivity contribution is 7.89. The van der Waals surface area contributed by atoms with Crippen LogP contribution in [0.25, 0.3) is 0 Å². The third-order valence-corrected chi connectivity index (χ3v) is 3.95. The van der Waals surface area contributed by atoms with Crippen LogP contribution in [0.5, 0.6) is 0 Å². The molecule has 0 atom stereocenters. The topological polar surface area (TPSA) is 89.3 Å². The van der Waals surface area contributed by atoms with Gasteiger partial charge in [-0.25, -0.2) is 13.1 Å². The zero-order valence-electron chi connectivity index (χ0n) is 10.1. The van der Waals surface area contributed by atoms with Crippen LogP contribution in [-0.4, -0.2) is 25.6 Å². The first kappa shape index (κ1) is 14.6. The van der Waals surface area contributed by atoms with E-state index in [0.717, 1.165) is 5.56 Å². The van der Waals surface area contributed by atoms with Crippen LogP contribution >= 0.6 is 0 Å². The molecule has 1 aromatic rings. The molecule has 0 aliphatic carbocycles. The Labute approximate surface area is 106 Å². The first-order chi connectivity index (χ1) is 8.44. The maximum absolute atomic E-state index is 11.4. The van der Waals surface area contributed by atoms with Gasteiger partial charge >= 0.3 is 0 Å². The fourth-order valence-electron chi connectivity index (χ4n) is 1.48. The molecule has 0 saturated heterocycles. The summed E-state index contributed by atoms with van der Waals surface area (Å²) in [7, 11) is -3.18. The molecule has 0 radical (unpaired) electrons. The number of nitro groups is 1. The standard InChI is InChI=1S/C11H16N2O4S/c1-2-9-18(16,17)12-8-7-10-3-5-11(6-4-10)13(14)15/h3-6,12H,2,7-9H2,1H3. The third-order valence-electron chi connectivity index (χ3n) is 2.36. The quantitative estimate of drug-likeness (QED) is 0.601. The zero-order valence-corrected chi connectivity index (χ0v) is 10.9. The summed E-state index contributed by atoms with van der Waals surface area (Å²) in [6.45, 7) is 2.11. The predicted octanol–water partition coefficient (Wildman–Crippen LogP) is 1.47. The van der Waals surface area contributed by atoms with Crippen LogP contribution in [0.2, 0.25) is 0 Å². The van der Waals surface area contributed by atoms with Gasteiger partial charge in [0.15, 0.2) is 0 Å². The van der Waals surface area contributed by atoms with Gasteiger partial charge in [0, 0.05) is 18.7 Å². The van der Waals surface area contributed by atoms with Crippen molar-refractivity contribution >= 4 is 15.7 Å². The lowest BCUT2D eigenvalue weighted by Gasteiger charge is -2.05. The lowest BCUT2D eigenvalue weighted by molar-refractivity contribution is -0.384. The number of nitro benzene ring substituents is 1. The number of hydrogen-bond acceptors (Lipinski definition) is 4. The minimum atomic E-state index is -3.18. The van der Waals surface area contributed by atoms with E-state index in [1.165, 1.54) is 12.1 Å². The normalized spacial score (nSPS) is 11.4. The highest BCUT2D eigenvalue weighted by atomic mass is 32.2. The highest BCUT2D eigenvalue weighted by Crippen LogP contribution is 2.11. The van der Waals surface area contributed by atoms with Crippen LogP contribution in [0.3, 0.4) is 0 Å². The van der Waals surface area contributed by atoms with Gasteiger partial charge in [-0.1, -0.05) is 19.1 Å². The maximum atomic E-state index is 11.4. The molecule has 0 unspecified atom stereocenters. The smallest absolute Gasteiger partial charge is 0.258 e. The number of nitrogens with zero attached hydrogens (tertiary/aromatic N) is 1. The lowest BCUT2D eigenvalue weighted by atomic mass is 10.1. The van der Waals surface area contributed by atoms with E-state index >= 15 is 0 Å². The molecular weight excluding hydrogens is 256 g/mol. The number of non-ortho nitro benzene ring substituents is 1. The zero-order chi connectivity index (χ0) is 13.6. The van der Waals surface area contributed by atoms with Crippen LogP contribution in [0.4, 0.5) is 5.69 Å². The van der Waals surface area contributed by atoms with Crippen LogP contribution in [-0.2, 0) is 16.4 Å². The van der Waals surface area contributed by atoms with Gasteiger partial charge in [-0.15, -0.1) is 0 Å². The van der Waals surface area contributed by atoms with E-state index in [1.807, 2.05) is 0 Å². The maximum Gasteiger partial charge on any atom is 0.269 e. The first-order valence-corrected chi connectivity index (χ1v) is 7.30. The Balaban J connectivity index is 2.47. The van der Waals surface area contributed by atoms with Crippen molar-refractivity contribution in [3.63, 3.8) is 0 Å². The lowest BCUT2D eigenvalue weighted by Crippen LogP contribution is -2.28. The summed E-state index contributed by atoms with van der Waals surface area (Å²) in [5.41, 5.74) is 0.894. The summed E-state index contributed by atoms with van der Waals surface area (Å²) in [6, 6.07) is 6.09. The molecule has 1 N–H and O–H groups in total. The number of nitrogens with one attached hydrogen (secondary N) is 1. The van der Waals surface area contributed by atoms with Gasteiger partial charge in [-0.3, -0.25) is 10.1 Å². The van der Waals surface area contributed by atoms with Crippen molar-refractivity contribution in [3.8, 4) is 0 Å². The van der Waals surface area contributed by atoms with E-state index in [-0.39, 0.29) is 11.4 Å². The van der Waals surface area contributed by atoms with E-state index in [4.69, 9.17) is 0 Å². The molecule has 0 spiro atoms. The Bertz CT molecular complexity index is 496. The largest absolute Gasteiger partial charge is 0.269 e. The van der Waals surface area contributed by atoms with Crippen molar-refractivity contribution in [2.24, 2.45) is 0 Å². The van der Waals surface area contributed by atoms with E-state index < -0.39 is 14.9 Å². The molecule has 1 aromatic carbocycles. The summed E-state index contributed by atoms with van der Waals surface area (Å²) in [5.74, 6) is 0.118.